The van der Waals surface area contributed by atoms with Crippen LogP contribution in [-0.2, 0) is 0 Å². The van der Waals surface area contributed by atoms with E-state index in [0.29, 0.717) is 10.2 Å². The average Bonchev–Trinajstić information content (AvgIpc) is 3.28. The van der Waals surface area contributed by atoms with Crippen molar-refractivity contribution in [2.75, 3.05) is 11.1 Å². The maximum atomic E-state index is 6.02. The minimum atomic E-state index is 0.499. The minimum absolute atomic E-state index is 0.499. The van der Waals surface area contributed by atoms with E-state index in [2.05, 4.69) is 15.3 Å². The second-order valence-electron chi connectivity index (χ2n) is 4.65. The molecule has 0 aliphatic rings. The Hall–Kier alpha value is -1.16. The van der Waals surface area contributed by atoms with Gasteiger partial charge in [0.05, 0.1) is 25.5 Å². The van der Waals surface area contributed by atoms with Crippen LogP contribution in [0.25, 0.3) is 21.1 Å². The van der Waals surface area contributed by atoms with Crippen LogP contribution in [0.2, 0.25) is 10.0 Å². The van der Waals surface area contributed by atoms with Crippen LogP contribution in [0.4, 0.5) is 15.3 Å². The molecule has 0 amide bonds. The van der Waals surface area contributed by atoms with Gasteiger partial charge < -0.3 is 11.1 Å². The molecule has 4 heterocycles. The summed E-state index contributed by atoms with van der Waals surface area (Å²) in [5, 5.41) is 12.6. The zero-order valence-electron chi connectivity index (χ0n) is 11.7. The molecule has 4 rings (SSSR count). The number of nitrogen functional groups attached to an aromatic ring is 1. The van der Waals surface area contributed by atoms with Gasteiger partial charge in [-0.05, 0) is 12.1 Å². The van der Waals surface area contributed by atoms with Gasteiger partial charge in [0, 0.05) is 16.1 Å². The molecule has 122 valence electrons. The van der Waals surface area contributed by atoms with E-state index in [4.69, 9.17) is 28.9 Å². The van der Waals surface area contributed by atoms with E-state index in [1.807, 2.05) is 28.3 Å². The number of anilines is 3. The quantitative estimate of drug-likeness (QED) is 0.378. The summed E-state index contributed by atoms with van der Waals surface area (Å²) in [6.07, 6.45) is 0. The number of nitrogens with one attached hydrogen (secondary N) is 1. The Morgan fingerprint density at radius 1 is 0.917 bits per heavy atom. The Labute approximate surface area is 163 Å². The first-order valence-corrected chi connectivity index (χ1v) is 10.8. The molecule has 10 heteroatoms. The topological polar surface area (TPSA) is 63.8 Å². The molecule has 0 aromatic carbocycles. The molecule has 24 heavy (non-hydrogen) atoms. The predicted octanol–water partition coefficient (Wildman–Crippen LogP) is 6.69. The van der Waals surface area contributed by atoms with Crippen molar-refractivity contribution in [2.24, 2.45) is 0 Å². The van der Waals surface area contributed by atoms with Crippen molar-refractivity contribution in [1.82, 2.24) is 9.97 Å². The highest BCUT2D eigenvalue weighted by molar-refractivity contribution is 7.21. The summed E-state index contributed by atoms with van der Waals surface area (Å²) in [5.74, 6) is 0. The Balaban J connectivity index is 1.63. The fourth-order valence-electron chi connectivity index (χ4n) is 2.01. The summed E-state index contributed by atoms with van der Waals surface area (Å²) in [5.41, 5.74) is 7.58. The highest BCUT2D eigenvalue weighted by Crippen LogP contribution is 2.41. The second-order valence-corrected chi connectivity index (χ2v) is 9.24. The van der Waals surface area contributed by atoms with Gasteiger partial charge in [-0.1, -0.05) is 34.5 Å². The number of aromatic nitrogens is 2. The number of hydrogen-bond acceptors (Lipinski definition) is 8. The molecule has 4 aromatic rings. The third-order valence-corrected chi connectivity index (χ3v) is 7.13. The molecular weight excluding hydrogens is 423 g/mol. The van der Waals surface area contributed by atoms with Crippen molar-refractivity contribution in [3.8, 4) is 21.1 Å². The molecule has 0 aliphatic heterocycles. The molecule has 0 atom stereocenters. The first kappa shape index (κ1) is 16.3. The number of halogens is 2. The normalized spacial score (nSPS) is 11.1. The lowest BCUT2D eigenvalue weighted by Crippen LogP contribution is -1.89. The minimum Gasteiger partial charge on any atom is -0.375 e. The summed E-state index contributed by atoms with van der Waals surface area (Å²) in [7, 11) is 0. The van der Waals surface area contributed by atoms with Crippen molar-refractivity contribution >= 4 is 83.8 Å². The largest absolute Gasteiger partial charge is 0.375 e. The summed E-state index contributed by atoms with van der Waals surface area (Å²) in [4.78, 5) is 11.0. The molecule has 0 saturated heterocycles. The van der Waals surface area contributed by atoms with Crippen molar-refractivity contribution in [3.05, 3.63) is 38.3 Å². The number of nitrogens with two attached hydrogens (primary N) is 1. The van der Waals surface area contributed by atoms with Crippen LogP contribution in [0.1, 0.15) is 0 Å². The van der Waals surface area contributed by atoms with Crippen LogP contribution in [0.3, 0.4) is 0 Å². The average molecular weight is 431 g/mol. The van der Waals surface area contributed by atoms with Crippen LogP contribution in [0.15, 0.2) is 28.3 Å². The highest BCUT2D eigenvalue weighted by atomic mass is 35.5. The lowest BCUT2D eigenvalue weighted by atomic mass is 10.3. The molecule has 0 unspecified atom stereocenters. The molecular formula is C14H8Cl2N4S4. The van der Waals surface area contributed by atoms with Crippen molar-refractivity contribution in [3.63, 3.8) is 0 Å². The second kappa shape index (κ2) is 6.62. The fourth-order valence-corrected chi connectivity index (χ4v) is 5.78. The maximum Gasteiger partial charge on any atom is 0.188 e. The van der Waals surface area contributed by atoms with Crippen LogP contribution < -0.4 is 11.1 Å². The third kappa shape index (κ3) is 3.30. The SMILES string of the molecule is Nc1nc(-c2cc(Cl)cs2)c(Nc2nc(-c3cc(Cl)cs3)cs2)s1. The van der Waals surface area contributed by atoms with Gasteiger partial charge in [-0.15, -0.1) is 34.0 Å². The number of rotatable bonds is 4. The molecule has 0 bridgehead atoms. The highest BCUT2D eigenvalue weighted by Gasteiger charge is 2.16. The number of hydrogen-bond donors (Lipinski definition) is 2. The molecule has 0 radical (unpaired) electrons. The number of nitrogens with zero attached hydrogens (tertiary/aromatic N) is 2. The van der Waals surface area contributed by atoms with Gasteiger partial charge in [0.25, 0.3) is 0 Å². The maximum absolute atomic E-state index is 6.02. The van der Waals surface area contributed by atoms with Gasteiger partial charge in [-0.2, -0.15) is 0 Å². The zero-order chi connectivity index (χ0) is 16.7. The fraction of sp³-hybridized carbons (Fsp3) is 0. The van der Waals surface area contributed by atoms with Crippen molar-refractivity contribution in [2.45, 2.75) is 0 Å². The number of thiazole rings is 2. The summed E-state index contributed by atoms with van der Waals surface area (Å²) < 4.78 is 0. The first-order chi connectivity index (χ1) is 11.6. The Kier molecular flexibility index (Phi) is 4.50. The Morgan fingerprint density at radius 3 is 2.29 bits per heavy atom. The van der Waals surface area contributed by atoms with Gasteiger partial charge in [0.2, 0.25) is 0 Å². The van der Waals surface area contributed by atoms with Gasteiger partial charge in [-0.25, -0.2) is 9.97 Å². The van der Waals surface area contributed by atoms with Gasteiger partial charge in [-0.3, -0.25) is 0 Å². The predicted molar refractivity (Wildman–Crippen MR) is 109 cm³/mol. The van der Waals surface area contributed by atoms with Crippen molar-refractivity contribution < 1.29 is 0 Å². The lowest BCUT2D eigenvalue weighted by molar-refractivity contribution is 1.39. The number of thiophene rings is 2. The van der Waals surface area contributed by atoms with Crippen LogP contribution in [-0.4, -0.2) is 9.97 Å². The van der Waals surface area contributed by atoms with Gasteiger partial charge in [0.15, 0.2) is 10.3 Å². The third-order valence-electron chi connectivity index (χ3n) is 2.99. The molecule has 4 aromatic heterocycles. The van der Waals surface area contributed by atoms with Gasteiger partial charge >= 0.3 is 0 Å². The van der Waals surface area contributed by atoms with Crippen LogP contribution in [0.5, 0.6) is 0 Å². The molecule has 0 aliphatic carbocycles. The Bertz CT molecular complexity index is 1000. The van der Waals surface area contributed by atoms with E-state index >= 15 is 0 Å². The monoisotopic (exact) mass is 430 g/mol. The molecule has 4 nitrogen and oxygen atoms in total. The van der Waals surface area contributed by atoms with Crippen molar-refractivity contribution in [1.29, 1.82) is 0 Å². The van der Waals surface area contributed by atoms with Crippen LogP contribution >= 0.6 is 68.5 Å². The van der Waals surface area contributed by atoms with Gasteiger partial charge in [0.1, 0.15) is 10.7 Å². The van der Waals surface area contributed by atoms with Crippen LogP contribution in [0, 0.1) is 0 Å². The standard InChI is InChI=1S/C14H8Cl2N4S4/c15-6-1-9(21-3-6)8-5-23-14(18-8)20-12-11(19-13(17)24-12)10-2-7(16)4-22-10/h1-5H,(H2,17,19)(H,18,20). The smallest absolute Gasteiger partial charge is 0.188 e. The van der Waals surface area contributed by atoms with E-state index in [1.165, 1.54) is 34.0 Å². The van der Waals surface area contributed by atoms with E-state index < -0.39 is 0 Å². The first-order valence-electron chi connectivity index (χ1n) is 6.56. The van der Waals surface area contributed by atoms with E-state index in [-0.39, 0.29) is 0 Å². The molecule has 0 fully saturated rings. The molecule has 0 spiro atoms. The Morgan fingerprint density at radius 2 is 1.62 bits per heavy atom. The summed E-state index contributed by atoms with van der Waals surface area (Å²) in [6.45, 7) is 0. The van der Waals surface area contributed by atoms with E-state index in [0.717, 1.165) is 36.3 Å². The molecule has 0 saturated carbocycles. The lowest BCUT2D eigenvalue weighted by Gasteiger charge is -2.00. The summed E-state index contributed by atoms with van der Waals surface area (Å²) >= 11 is 18.0. The molecule has 3 N–H and O–H groups in total. The summed E-state index contributed by atoms with van der Waals surface area (Å²) in [6, 6.07) is 3.79. The van der Waals surface area contributed by atoms with E-state index in [9.17, 15) is 0 Å². The van der Waals surface area contributed by atoms with E-state index in [1.54, 1.807) is 11.3 Å². The zero-order valence-corrected chi connectivity index (χ0v) is 16.5.